The van der Waals surface area contributed by atoms with Crippen molar-refractivity contribution in [2.45, 2.75) is 0 Å². The summed E-state index contributed by atoms with van der Waals surface area (Å²) in [6.07, 6.45) is 0. The highest BCUT2D eigenvalue weighted by Crippen LogP contribution is 2.23. The molecule has 2 nitrogen and oxygen atoms in total. The van der Waals surface area contributed by atoms with Gasteiger partial charge in [-0.3, -0.25) is 4.79 Å². The minimum Gasteiger partial charge on any atom is -0.321 e. The number of benzene rings is 2. The van der Waals surface area contributed by atoms with Gasteiger partial charge in [0.05, 0.1) is 16.3 Å². The van der Waals surface area contributed by atoms with Gasteiger partial charge in [0.25, 0.3) is 5.91 Å². The Bertz CT molecular complexity index is 603. The van der Waals surface area contributed by atoms with E-state index in [0.29, 0.717) is 11.3 Å². The van der Waals surface area contributed by atoms with Crippen LogP contribution >= 0.6 is 34.2 Å². The highest BCUT2D eigenvalue weighted by molar-refractivity contribution is 14.1. The minimum atomic E-state index is -0.438. The van der Waals surface area contributed by atoms with Gasteiger partial charge in [-0.15, -0.1) is 0 Å². The molecular weight excluding hydrogens is 368 g/mol. The lowest BCUT2D eigenvalue weighted by molar-refractivity contribution is 0.102. The average molecular weight is 376 g/mol. The quantitative estimate of drug-likeness (QED) is 0.778. The average Bonchev–Trinajstić information content (AvgIpc) is 2.33. The van der Waals surface area contributed by atoms with E-state index in [4.69, 9.17) is 11.6 Å². The first kappa shape index (κ1) is 13.3. The van der Waals surface area contributed by atoms with Gasteiger partial charge in [-0.2, -0.15) is 0 Å². The van der Waals surface area contributed by atoms with Crippen molar-refractivity contribution in [2.75, 3.05) is 5.32 Å². The molecule has 0 aromatic heterocycles. The minimum absolute atomic E-state index is 0.175. The number of amides is 1. The first-order chi connectivity index (χ1) is 8.58. The summed E-state index contributed by atoms with van der Waals surface area (Å²) in [5.74, 6) is -0.708. The summed E-state index contributed by atoms with van der Waals surface area (Å²) in [7, 11) is 0. The molecule has 2 aromatic carbocycles. The molecule has 0 aliphatic carbocycles. The van der Waals surface area contributed by atoms with Crippen molar-refractivity contribution in [3.8, 4) is 0 Å². The van der Waals surface area contributed by atoms with E-state index in [-0.39, 0.29) is 10.9 Å². The molecule has 0 atom stereocenters. The van der Waals surface area contributed by atoms with Gasteiger partial charge in [-0.1, -0.05) is 23.7 Å². The molecule has 5 heteroatoms. The fraction of sp³-hybridized carbons (Fsp3) is 0. The van der Waals surface area contributed by atoms with Gasteiger partial charge in [-0.25, -0.2) is 4.39 Å². The Morgan fingerprint density at radius 3 is 2.61 bits per heavy atom. The van der Waals surface area contributed by atoms with Crippen molar-refractivity contribution in [2.24, 2.45) is 0 Å². The predicted octanol–water partition coefficient (Wildman–Crippen LogP) is 4.34. The number of halogens is 3. The molecule has 0 fully saturated rings. The van der Waals surface area contributed by atoms with E-state index in [1.165, 1.54) is 12.1 Å². The molecule has 18 heavy (non-hydrogen) atoms. The monoisotopic (exact) mass is 375 g/mol. The molecule has 0 aliphatic rings. The van der Waals surface area contributed by atoms with Gasteiger partial charge in [0, 0.05) is 3.57 Å². The van der Waals surface area contributed by atoms with E-state index in [2.05, 4.69) is 27.9 Å². The van der Waals surface area contributed by atoms with Gasteiger partial charge in [0.2, 0.25) is 0 Å². The number of nitrogens with one attached hydrogen (secondary N) is 1. The zero-order valence-electron chi connectivity index (χ0n) is 9.08. The summed E-state index contributed by atoms with van der Waals surface area (Å²) in [4.78, 5) is 12.0. The van der Waals surface area contributed by atoms with Crippen LogP contribution in [0.5, 0.6) is 0 Å². The fourth-order valence-electron chi connectivity index (χ4n) is 1.43. The van der Waals surface area contributed by atoms with E-state index in [0.717, 1.165) is 9.64 Å². The SMILES string of the molecule is O=C(Nc1ccc(F)cc1Cl)c1ccccc1I. The summed E-state index contributed by atoms with van der Waals surface area (Å²) in [6, 6.07) is 11.0. The summed E-state index contributed by atoms with van der Waals surface area (Å²) >= 11 is 7.92. The van der Waals surface area contributed by atoms with Crippen molar-refractivity contribution in [3.05, 3.63) is 62.4 Å². The molecule has 0 saturated carbocycles. The molecule has 0 heterocycles. The number of hydrogen-bond donors (Lipinski definition) is 1. The molecule has 0 spiro atoms. The molecule has 2 aromatic rings. The zero-order valence-corrected chi connectivity index (χ0v) is 12.0. The van der Waals surface area contributed by atoms with Crippen LogP contribution < -0.4 is 5.32 Å². The Morgan fingerprint density at radius 2 is 1.94 bits per heavy atom. The lowest BCUT2D eigenvalue weighted by atomic mass is 10.2. The molecule has 2 rings (SSSR count). The first-order valence-electron chi connectivity index (χ1n) is 5.09. The van der Waals surface area contributed by atoms with Gasteiger partial charge in [0.1, 0.15) is 5.82 Å². The Balaban J connectivity index is 2.24. The highest BCUT2D eigenvalue weighted by atomic mass is 127. The summed E-state index contributed by atoms with van der Waals surface area (Å²) in [5.41, 5.74) is 0.946. The lowest BCUT2D eigenvalue weighted by Crippen LogP contribution is -2.13. The zero-order chi connectivity index (χ0) is 13.1. The summed E-state index contributed by atoms with van der Waals surface area (Å²) in [5, 5.41) is 2.83. The molecule has 0 saturated heterocycles. The van der Waals surface area contributed by atoms with E-state index in [9.17, 15) is 9.18 Å². The number of rotatable bonds is 2. The van der Waals surface area contributed by atoms with Crippen molar-refractivity contribution in [3.63, 3.8) is 0 Å². The second-order valence-corrected chi connectivity index (χ2v) is 5.13. The lowest BCUT2D eigenvalue weighted by Gasteiger charge is -2.08. The number of anilines is 1. The van der Waals surface area contributed by atoms with Crippen LogP contribution in [0.25, 0.3) is 0 Å². The third-order valence-corrected chi connectivity index (χ3v) is 3.55. The van der Waals surface area contributed by atoms with E-state index in [1.54, 1.807) is 12.1 Å². The van der Waals surface area contributed by atoms with E-state index < -0.39 is 5.82 Å². The number of hydrogen-bond acceptors (Lipinski definition) is 1. The van der Waals surface area contributed by atoms with Crippen LogP contribution in [0.1, 0.15) is 10.4 Å². The normalized spacial score (nSPS) is 10.2. The molecule has 0 aliphatic heterocycles. The summed E-state index contributed by atoms with van der Waals surface area (Å²) < 4.78 is 13.7. The van der Waals surface area contributed by atoms with Crippen molar-refractivity contribution < 1.29 is 9.18 Å². The van der Waals surface area contributed by atoms with Crippen molar-refractivity contribution >= 4 is 45.8 Å². The molecular formula is C13H8ClFINO. The second-order valence-electron chi connectivity index (χ2n) is 3.56. The van der Waals surface area contributed by atoms with Crippen molar-refractivity contribution in [1.29, 1.82) is 0 Å². The first-order valence-corrected chi connectivity index (χ1v) is 6.54. The largest absolute Gasteiger partial charge is 0.321 e. The van der Waals surface area contributed by atoms with Crippen molar-refractivity contribution in [1.82, 2.24) is 0 Å². The molecule has 1 N–H and O–H groups in total. The summed E-state index contributed by atoms with van der Waals surface area (Å²) in [6.45, 7) is 0. The Morgan fingerprint density at radius 1 is 1.22 bits per heavy atom. The molecule has 1 amide bonds. The Kier molecular flexibility index (Phi) is 4.19. The topological polar surface area (TPSA) is 29.1 Å². The van der Waals surface area contributed by atoms with Crippen LogP contribution in [0.2, 0.25) is 5.02 Å². The highest BCUT2D eigenvalue weighted by Gasteiger charge is 2.11. The van der Waals surface area contributed by atoms with Gasteiger partial charge in [-0.05, 0) is 52.9 Å². The third-order valence-electron chi connectivity index (χ3n) is 2.30. The number of carbonyl (C=O) groups is 1. The van der Waals surface area contributed by atoms with Crippen LogP contribution in [0.15, 0.2) is 42.5 Å². The molecule has 92 valence electrons. The van der Waals surface area contributed by atoms with E-state index >= 15 is 0 Å². The maximum atomic E-state index is 12.9. The van der Waals surface area contributed by atoms with Crippen LogP contribution in [0, 0.1) is 9.39 Å². The third kappa shape index (κ3) is 3.00. The van der Waals surface area contributed by atoms with E-state index in [1.807, 2.05) is 12.1 Å². The number of carbonyl (C=O) groups excluding carboxylic acids is 1. The van der Waals surface area contributed by atoms with Gasteiger partial charge in [0.15, 0.2) is 0 Å². The van der Waals surface area contributed by atoms with Crippen LogP contribution in [0.4, 0.5) is 10.1 Å². The maximum Gasteiger partial charge on any atom is 0.256 e. The van der Waals surface area contributed by atoms with Gasteiger partial charge >= 0.3 is 0 Å². The maximum absolute atomic E-state index is 12.9. The molecule has 0 unspecified atom stereocenters. The Hall–Kier alpha value is -1.14. The smallest absolute Gasteiger partial charge is 0.256 e. The fourth-order valence-corrected chi connectivity index (χ4v) is 2.27. The van der Waals surface area contributed by atoms with Crippen LogP contribution in [-0.2, 0) is 0 Å². The van der Waals surface area contributed by atoms with Crippen LogP contribution in [-0.4, -0.2) is 5.91 Å². The van der Waals surface area contributed by atoms with Crippen LogP contribution in [0.3, 0.4) is 0 Å². The molecule has 0 bridgehead atoms. The van der Waals surface area contributed by atoms with Gasteiger partial charge < -0.3 is 5.32 Å². The predicted molar refractivity (Wildman–Crippen MR) is 78.5 cm³/mol. The molecule has 0 radical (unpaired) electrons. The Labute approximate surface area is 122 Å². The second kappa shape index (κ2) is 5.67. The standard InChI is InChI=1S/C13H8ClFINO/c14-10-7-8(15)5-6-12(10)17-13(18)9-3-1-2-4-11(9)16/h1-7H,(H,17,18).